The number of nitrogens with one attached hydrogen (secondary N) is 1. The van der Waals surface area contributed by atoms with Gasteiger partial charge >= 0.3 is 0 Å². The number of hydrogen-bond acceptors (Lipinski definition) is 3. The van der Waals surface area contributed by atoms with E-state index in [0.29, 0.717) is 24.1 Å². The summed E-state index contributed by atoms with van der Waals surface area (Å²) in [5.41, 5.74) is 0.709. The van der Waals surface area contributed by atoms with Crippen molar-refractivity contribution in [1.29, 1.82) is 0 Å². The Morgan fingerprint density at radius 1 is 1.30 bits per heavy atom. The lowest BCUT2D eigenvalue weighted by atomic mass is 9.98. The Bertz CT molecular complexity index is 456. The minimum absolute atomic E-state index is 0.207. The Hall–Kier alpha value is -1.13. The normalized spacial score (nSPS) is 23.2. The van der Waals surface area contributed by atoms with Gasteiger partial charge in [0.2, 0.25) is 0 Å². The molecule has 4 heteroatoms. The molecule has 0 amide bonds. The van der Waals surface area contributed by atoms with Crippen molar-refractivity contribution in [3.8, 4) is 5.75 Å². The van der Waals surface area contributed by atoms with Gasteiger partial charge in [0.05, 0.1) is 0 Å². The predicted octanol–water partition coefficient (Wildman–Crippen LogP) is 2.50. The average Bonchev–Trinajstić information content (AvgIpc) is 3.28. The molecule has 0 spiro atoms. The number of rotatable bonds is 5. The third-order valence-electron chi connectivity index (χ3n) is 4.37. The molecule has 110 valence electrons. The molecule has 0 radical (unpaired) electrons. The lowest BCUT2D eigenvalue weighted by molar-refractivity contribution is 0.191. The number of hydrogen-bond donors (Lipinski definition) is 2. The molecule has 1 saturated carbocycles. The first-order chi connectivity index (χ1) is 9.72. The number of phenolic OH excluding ortho intramolecular Hbond substituents is 1. The fraction of sp³-hybridized carbons (Fsp3) is 0.625. The number of benzene rings is 1. The van der Waals surface area contributed by atoms with Crippen molar-refractivity contribution >= 4 is 0 Å². The van der Waals surface area contributed by atoms with E-state index in [2.05, 4.69) is 10.2 Å². The maximum atomic E-state index is 13.3. The SMILES string of the molecule is Oc1ccc(F)cc1CN(CC1CCCNC1)C1CC1. The second-order valence-electron chi connectivity index (χ2n) is 6.15. The number of nitrogens with zero attached hydrogens (tertiary/aromatic N) is 1. The van der Waals surface area contributed by atoms with Crippen LogP contribution in [-0.4, -0.2) is 35.7 Å². The first-order valence-electron chi connectivity index (χ1n) is 7.64. The monoisotopic (exact) mass is 278 g/mol. The molecule has 0 bridgehead atoms. The van der Waals surface area contributed by atoms with Gasteiger partial charge in [-0.05, 0) is 62.9 Å². The highest BCUT2D eigenvalue weighted by Crippen LogP contribution is 2.31. The molecular formula is C16H23FN2O. The summed E-state index contributed by atoms with van der Waals surface area (Å²) in [6, 6.07) is 4.85. The third kappa shape index (κ3) is 3.49. The van der Waals surface area contributed by atoms with Crippen LogP contribution in [0.2, 0.25) is 0 Å². The second-order valence-corrected chi connectivity index (χ2v) is 6.15. The van der Waals surface area contributed by atoms with E-state index in [1.807, 2.05) is 0 Å². The number of phenols is 1. The van der Waals surface area contributed by atoms with Gasteiger partial charge in [-0.3, -0.25) is 4.90 Å². The smallest absolute Gasteiger partial charge is 0.123 e. The molecule has 1 heterocycles. The van der Waals surface area contributed by atoms with Crippen LogP contribution in [0.4, 0.5) is 4.39 Å². The number of aromatic hydroxyl groups is 1. The van der Waals surface area contributed by atoms with Crippen molar-refractivity contribution in [1.82, 2.24) is 10.2 Å². The van der Waals surface area contributed by atoms with Gasteiger partial charge < -0.3 is 10.4 Å². The molecule has 1 aliphatic carbocycles. The molecule has 3 nitrogen and oxygen atoms in total. The van der Waals surface area contributed by atoms with E-state index in [1.165, 1.54) is 43.9 Å². The lowest BCUT2D eigenvalue weighted by Crippen LogP contribution is -2.39. The molecule has 2 N–H and O–H groups in total. The van der Waals surface area contributed by atoms with Gasteiger partial charge in [0.1, 0.15) is 11.6 Å². The lowest BCUT2D eigenvalue weighted by Gasteiger charge is -2.30. The van der Waals surface area contributed by atoms with E-state index in [-0.39, 0.29) is 11.6 Å². The van der Waals surface area contributed by atoms with Crippen LogP contribution in [0.15, 0.2) is 18.2 Å². The summed E-state index contributed by atoms with van der Waals surface area (Å²) in [6.07, 6.45) is 4.98. The van der Waals surface area contributed by atoms with Gasteiger partial charge in [-0.25, -0.2) is 4.39 Å². The Morgan fingerprint density at radius 3 is 2.85 bits per heavy atom. The number of piperidine rings is 1. The molecule has 0 aromatic heterocycles. The van der Waals surface area contributed by atoms with Gasteiger partial charge in [-0.2, -0.15) is 0 Å². The highest BCUT2D eigenvalue weighted by Gasteiger charge is 2.31. The molecule has 3 rings (SSSR count). The molecule has 1 aliphatic heterocycles. The van der Waals surface area contributed by atoms with Gasteiger partial charge in [0.15, 0.2) is 0 Å². The zero-order chi connectivity index (χ0) is 13.9. The van der Waals surface area contributed by atoms with Gasteiger partial charge in [0.25, 0.3) is 0 Å². The van der Waals surface area contributed by atoms with E-state index >= 15 is 0 Å². The summed E-state index contributed by atoms with van der Waals surface area (Å²) < 4.78 is 13.3. The summed E-state index contributed by atoms with van der Waals surface area (Å²) in [7, 11) is 0. The van der Waals surface area contributed by atoms with Crippen LogP contribution < -0.4 is 5.32 Å². The van der Waals surface area contributed by atoms with Crippen molar-refractivity contribution in [2.45, 2.75) is 38.3 Å². The minimum atomic E-state index is -0.270. The fourth-order valence-corrected chi connectivity index (χ4v) is 3.09. The van der Waals surface area contributed by atoms with Crippen molar-refractivity contribution in [3.05, 3.63) is 29.6 Å². The quantitative estimate of drug-likeness (QED) is 0.868. The Morgan fingerprint density at radius 2 is 2.15 bits per heavy atom. The Balaban J connectivity index is 1.66. The molecule has 20 heavy (non-hydrogen) atoms. The summed E-state index contributed by atoms with van der Waals surface area (Å²) in [5, 5.41) is 13.3. The highest BCUT2D eigenvalue weighted by molar-refractivity contribution is 5.32. The largest absolute Gasteiger partial charge is 0.508 e. The highest BCUT2D eigenvalue weighted by atomic mass is 19.1. The molecule has 1 aromatic rings. The maximum Gasteiger partial charge on any atom is 0.123 e. The topological polar surface area (TPSA) is 35.5 Å². The number of halogens is 1. The van der Waals surface area contributed by atoms with E-state index in [9.17, 15) is 9.50 Å². The van der Waals surface area contributed by atoms with Crippen molar-refractivity contribution in [2.24, 2.45) is 5.92 Å². The zero-order valence-corrected chi connectivity index (χ0v) is 11.8. The van der Waals surface area contributed by atoms with E-state index < -0.39 is 0 Å². The molecule has 1 unspecified atom stereocenters. The molecule has 1 saturated heterocycles. The van der Waals surface area contributed by atoms with E-state index in [4.69, 9.17) is 0 Å². The Kier molecular flexibility index (Phi) is 4.22. The van der Waals surface area contributed by atoms with Crippen molar-refractivity contribution < 1.29 is 9.50 Å². The van der Waals surface area contributed by atoms with Crippen molar-refractivity contribution in [2.75, 3.05) is 19.6 Å². The average molecular weight is 278 g/mol. The molecule has 1 aromatic carbocycles. The summed E-state index contributed by atoms with van der Waals surface area (Å²) in [6.45, 7) is 3.92. The minimum Gasteiger partial charge on any atom is -0.508 e. The maximum absolute atomic E-state index is 13.3. The molecule has 2 fully saturated rings. The van der Waals surface area contributed by atoms with Crippen LogP contribution >= 0.6 is 0 Å². The standard InChI is InChI=1S/C16H23FN2O/c17-14-3-6-16(20)13(8-14)11-19(15-4-5-15)10-12-2-1-7-18-9-12/h3,6,8,12,15,18,20H,1-2,4-5,7,9-11H2. The molecular weight excluding hydrogens is 255 g/mol. The van der Waals surface area contributed by atoms with Gasteiger partial charge in [0, 0.05) is 24.7 Å². The van der Waals surface area contributed by atoms with Crippen LogP contribution in [0.3, 0.4) is 0 Å². The van der Waals surface area contributed by atoms with Gasteiger partial charge in [-0.15, -0.1) is 0 Å². The van der Waals surface area contributed by atoms with Crippen LogP contribution in [0.1, 0.15) is 31.2 Å². The van der Waals surface area contributed by atoms with Crippen LogP contribution in [-0.2, 0) is 6.54 Å². The van der Waals surface area contributed by atoms with Crippen molar-refractivity contribution in [3.63, 3.8) is 0 Å². The van der Waals surface area contributed by atoms with E-state index in [1.54, 1.807) is 0 Å². The first kappa shape index (κ1) is 13.8. The summed E-state index contributed by atoms with van der Waals surface area (Å²) >= 11 is 0. The fourth-order valence-electron chi connectivity index (χ4n) is 3.09. The van der Waals surface area contributed by atoms with E-state index in [0.717, 1.165) is 19.6 Å². The zero-order valence-electron chi connectivity index (χ0n) is 11.8. The van der Waals surface area contributed by atoms with Crippen LogP contribution in [0.5, 0.6) is 5.75 Å². The molecule has 1 atom stereocenters. The molecule has 2 aliphatic rings. The predicted molar refractivity (Wildman–Crippen MR) is 77.1 cm³/mol. The summed E-state index contributed by atoms with van der Waals surface area (Å²) in [5.74, 6) is 0.617. The Labute approximate surface area is 119 Å². The van der Waals surface area contributed by atoms with Crippen LogP contribution in [0.25, 0.3) is 0 Å². The van der Waals surface area contributed by atoms with Crippen LogP contribution in [0, 0.1) is 11.7 Å². The first-order valence-corrected chi connectivity index (χ1v) is 7.64. The summed E-state index contributed by atoms with van der Waals surface area (Å²) in [4.78, 5) is 2.42. The third-order valence-corrected chi connectivity index (χ3v) is 4.37. The van der Waals surface area contributed by atoms with Gasteiger partial charge in [-0.1, -0.05) is 0 Å². The second kappa shape index (κ2) is 6.10.